The summed E-state index contributed by atoms with van der Waals surface area (Å²) in [6.45, 7) is 6.77. The first kappa shape index (κ1) is 15.0. The van der Waals surface area contributed by atoms with Gasteiger partial charge in [0.2, 0.25) is 0 Å². The van der Waals surface area contributed by atoms with Gasteiger partial charge in [-0.25, -0.2) is 4.79 Å². The first-order valence-corrected chi connectivity index (χ1v) is 5.92. The van der Waals surface area contributed by atoms with Crippen LogP contribution in [-0.2, 0) is 11.8 Å². The van der Waals surface area contributed by atoms with E-state index in [-0.39, 0.29) is 6.54 Å². The van der Waals surface area contributed by atoms with Gasteiger partial charge in [-0.05, 0) is 27.7 Å². The lowest BCUT2D eigenvalue weighted by Gasteiger charge is -2.34. The maximum Gasteiger partial charge on any atom is 0.323 e. The number of urea groups is 1. The van der Waals surface area contributed by atoms with Gasteiger partial charge in [0.15, 0.2) is 0 Å². The van der Waals surface area contributed by atoms with Crippen LogP contribution < -0.4 is 5.32 Å². The summed E-state index contributed by atoms with van der Waals surface area (Å²) in [6.07, 6.45) is 1.68. The van der Waals surface area contributed by atoms with Gasteiger partial charge < -0.3 is 15.3 Å². The fraction of sp³-hybridized carbons (Fsp3) is 0.583. The zero-order valence-electron chi connectivity index (χ0n) is 11.9. The second-order valence-electron chi connectivity index (χ2n) is 5.38. The van der Waals surface area contributed by atoms with E-state index in [2.05, 4.69) is 10.4 Å². The van der Waals surface area contributed by atoms with Crippen molar-refractivity contribution in [3.05, 3.63) is 11.9 Å². The van der Waals surface area contributed by atoms with Crippen molar-refractivity contribution in [3.63, 3.8) is 0 Å². The number of aliphatic carboxylic acids is 1. The third kappa shape index (κ3) is 3.97. The van der Waals surface area contributed by atoms with Gasteiger partial charge in [-0.15, -0.1) is 0 Å². The van der Waals surface area contributed by atoms with E-state index >= 15 is 0 Å². The largest absolute Gasteiger partial charge is 0.480 e. The molecule has 0 atom stereocenters. The third-order valence-corrected chi connectivity index (χ3v) is 2.60. The number of carboxylic acids is 1. The van der Waals surface area contributed by atoms with Gasteiger partial charge in [0.25, 0.3) is 0 Å². The molecule has 1 heterocycles. The van der Waals surface area contributed by atoms with Gasteiger partial charge in [-0.2, -0.15) is 5.10 Å². The fourth-order valence-corrected chi connectivity index (χ4v) is 1.65. The van der Waals surface area contributed by atoms with E-state index in [1.165, 1.54) is 4.90 Å². The number of rotatable bonds is 3. The Kier molecular flexibility index (Phi) is 4.18. The topological polar surface area (TPSA) is 87.5 Å². The fourth-order valence-electron chi connectivity index (χ4n) is 1.65. The summed E-state index contributed by atoms with van der Waals surface area (Å²) in [7, 11) is 1.75. The molecule has 7 heteroatoms. The Morgan fingerprint density at radius 3 is 2.42 bits per heavy atom. The Hall–Kier alpha value is -2.05. The SMILES string of the molecule is Cc1nn(C)cc1NC(=O)N(CC(=O)O)C(C)(C)C. The summed E-state index contributed by atoms with van der Waals surface area (Å²) in [4.78, 5) is 24.3. The lowest BCUT2D eigenvalue weighted by molar-refractivity contribution is -0.138. The number of hydrogen-bond donors (Lipinski definition) is 2. The molecule has 0 unspecified atom stereocenters. The molecule has 0 spiro atoms. The van der Waals surface area contributed by atoms with E-state index in [1.807, 2.05) is 0 Å². The van der Waals surface area contributed by atoms with Crippen LogP contribution in [0.2, 0.25) is 0 Å². The molecule has 0 saturated carbocycles. The van der Waals surface area contributed by atoms with Crippen molar-refractivity contribution >= 4 is 17.7 Å². The van der Waals surface area contributed by atoms with Crippen LogP contribution in [0.15, 0.2) is 6.20 Å². The Labute approximate surface area is 112 Å². The molecule has 2 amide bonds. The number of nitrogens with one attached hydrogen (secondary N) is 1. The molecule has 0 aromatic carbocycles. The highest BCUT2D eigenvalue weighted by Crippen LogP contribution is 2.17. The van der Waals surface area contributed by atoms with Crippen molar-refractivity contribution in [2.24, 2.45) is 7.05 Å². The monoisotopic (exact) mass is 268 g/mol. The molecule has 0 fully saturated rings. The first-order chi connectivity index (χ1) is 8.61. The van der Waals surface area contributed by atoms with E-state index in [1.54, 1.807) is 45.6 Å². The molecule has 0 radical (unpaired) electrons. The Balaban J connectivity index is 2.89. The summed E-state index contributed by atoms with van der Waals surface area (Å²) < 4.78 is 1.59. The Morgan fingerprint density at radius 1 is 1.47 bits per heavy atom. The number of aromatic nitrogens is 2. The second-order valence-corrected chi connectivity index (χ2v) is 5.38. The van der Waals surface area contributed by atoms with Gasteiger partial charge in [0.1, 0.15) is 6.54 Å². The second kappa shape index (κ2) is 5.29. The minimum atomic E-state index is -1.05. The van der Waals surface area contributed by atoms with Gasteiger partial charge >= 0.3 is 12.0 Å². The third-order valence-electron chi connectivity index (χ3n) is 2.60. The smallest absolute Gasteiger partial charge is 0.323 e. The number of carbonyl (C=O) groups excluding carboxylic acids is 1. The molecule has 7 nitrogen and oxygen atoms in total. The number of aryl methyl sites for hydroxylation is 2. The van der Waals surface area contributed by atoms with Gasteiger partial charge in [-0.3, -0.25) is 9.48 Å². The van der Waals surface area contributed by atoms with Crippen molar-refractivity contribution in [3.8, 4) is 0 Å². The van der Waals surface area contributed by atoms with Crippen LogP contribution in [0.4, 0.5) is 10.5 Å². The van der Waals surface area contributed by atoms with Crippen LogP contribution in [0.5, 0.6) is 0 Å². The maximum atomic E-state index is 12.2. The predicted octanol–water partition coefficient (Wildman–Crippen LogP) is 1.45. The summed E-state index contributed by atoms with van der Waals surface area (Å²) in [5.41, 5.74) is 0.672. The summed E-state index contributed by atoms with van der Waals surface area (Å²) in [6, 6.07) is -0.453. The summed E-state index contributed by atoms with van der Waals surface area (Å²) in [5.74, 6) is -1.05. The molecule has 0 aliphatic rings. The molecule has 0 bridgehead atoms. The molecular weight excluding hydrogens is 248 g/mol. The lowest BCUT2D eigenvalue weighted by Crippen LogP contribution is -2.50. The van der Waals surface area contributed by atoms with Crippen molar-refractivity contribution in [2.75, 3.05) is 11.9 Å². The summed E-state index contributed by atoms with van der Waals surface area (Å²) in [5, 5.41) is 15.7. The predicted molar refractivity (Wildman–Crippen MR) is 71.1 cm³/mol. The van der Waals surface area contributed by atoms with E-state index in [9.17, 15) is 9.59 Å². The van der Waals surface area contributed by atoms with Crippen LogP contribution >= 0.6 is 0 Å². The Bertz CT molecular complexity index is 488. The van der Waals surface area contributed by atoms with Gasteiger partial charge in [0.05, 0.1) is 11.4 Å². The van der Waals surface area contributed by atoms with E-state index in [4.69, 9.17) is 5.11 Å². The van der Waals surface area contributed by atoms with Crippen LogP contribution in [-0.4, -0.2) is 43.9 Å². The zero-order chi connectivity index (χ0) is 14.8. The highest BCUT2D eigenvalue weighted by Gasteiger charge is 2.28. The van der Waals surface area contributed by atoms with Crippen LogP contribution in [0.3, 0.4) is 0 Å². The lowest BCUT2D eigenvalue weighted by atomic mass is 10.1. The molecule has 0 aliphatic heterocycles. The highest BCUT2D eigenvalue weighted by molar-refractivity contribution is 5.92. The van der Waals surface area contributed by atoms with Crippen molar-refractivity contribution in [1.82, 2.24) is 14.7 Å². The normalized spacial score (nSPS) is 11.2. The van der Waals surface area contributed by atoms with E-state index < -0.39 is 17.5 Å². The molecule has 106 valence electrons. The molecular formula is C12H20N4O3. The Morgan fingerprint density at radius 2 is 2.05 bits per heavy atom. The molecule has 1 aromatic rings. The summed E-state index contributed by atoms with van der Waals surface area (Å²) >= 11 is 0. The molecule has 0 saturated heterocycles. The van der Waals surface area contributed by atoms with Crippen molar-refractivity contribution < 1.29 is 14.7 Å². The average Bonchev–Trinajstić information content (AvgIpc) is 2.52. The average molecular weight is 268 g/mol. The van der Waals surface area contributed by atoms with Crippen LogP contribution in [0.1, 0.15) is 26.5 Å². The van der Waals surface area contributed by atoms with Crippen molar-refractivity contribution in [2.45, 2.75) is 33.2 Å². The number of carbonyl (C=O) groups is 2. The van der Waals surface area contributed by atoms with Crippen LogP contribution in [0, 0.1) is 6.92 Å². The first-order valence-electron chi connectivity index (χ1n) is 5.92. The highest BCUT2D eigenvalue weighted by atomic mass is 16.4. The standard InChI is InChI=1S/C12H20N4O3/c1-8-9(6-15(5)14-8)13-11(19)16(7-10(17)18)12(2,3)4/h6H,7H2,1-5H3,(H,13,19)(H,17,18). The molecule has 1 rings (SSSR count). The van der Waals surface area contributed by atoms with Crippen LogP contribution in [0.25, 0.3) is 0 Å². The minimum absolute atomic E-state index is 0.353. The molecule has 2 N–H and O–H groups in total. The zero-order valence-corrected chi connectivity index (χ0v) is 11.9. The number of nitrogens with zero attached hydrogens (tertiary/aromatic N) is 3. The molecule has 1 aromatic heterocycles. The quantitative estimate of drug-likeness (QED) is 0.868. The number of amides is 2. The van der Waals surface area contributed by atoms with Crippen molar-refractivity contribution in [1.29, 1.82) is 0 Å². The minimum Gasteiger partial charge on any atom is -0.480 e. The number of anilines is 1. The van der Waals surface area contributed by atoms with Gasteiger partial charge in [-0.1, -0.05) is 0 Å². The van der Waals surface area contributed by atoms with E-state index in [0.29, 0.717) is 11.4 Å². The molecule has 0 aliphatic carbocycles. The number of carboxylic acid groups (broad SMARTS) is 1. The van der Waals surface area contributed by atoms with Gasteiger partial charge in [0, 0.05) is 18.8 Å². The molecule has 19 heavy (non-hydrogen) atoms. The maximum absolute atomic E-state index is 12.2. The number of hydrogen-bond acceptors (Lipinski definition) is 3. The van der Waals surface area contributed by atoms with E-state index in [0.717, 1.165) is 0 Å².